The first kappa shape index (κ1) is 15.9. The fourth-order valence-corrected chi connectivity index (χ4v) is 3.44. The molecule has 0 atom stereocenters. The molecule has 0 spiro atoms. The van der Waals surface area contributed by atoms with E-state index in [4.69, 9.17) is 0 Å². The summed E-state index contributed by atoms with van der Waals surface area (Å²) in [6.07, 6.45) is 0. The zero-order valence-corrected chi connectivity index (χ0v) is 13.6. The van der Waals surface area contributed by atoms with Crippen LogP contribution in [0.4, 0.5) is 10.1 Å². The van der Waals surface area contributed by atoms with Crippen LogP contribution < -0.4 is 10.0 Å². The Morgan fingerprint density at radius 3 is 2.38 bits per heavy atom. The number of rotatable bonds is 5. The van der Waals surface area contributed by atoms with E-state index in [0.717, 1.165) is 5.56 Å². The van der Waals surface area contributed by atoms with E-state index in [0.29, 0.717) is 11.0 Å². The highest BCUT2D eigenvalue weighted by Gasteiger charge is 2.18. The van der Waals surface area contributed by atoms with Crippen LogP contribution in [0.25, 0.3) is 0 Å². The molecule has 2 N–H and O–H groups in total. The number of halogens is 2. The van der Waals surface area contributed by atoms with Crippen LogP contribution in [0, 0.1) is 5.82 Å². The Labute approximate surface area is 131 Å². The van der Waals surface area contributed by atoms with Gasteiger partial charge < -0.3 is 5.32 Å². The molecule has 0 unspecified atom stereocenters. The van der Waals surface area contributed by atoms with Gasteiger partial charge in [0.05, 0.1) is 10.6 Å². The number of benzene rings is 2. The van der Waals surface area contributed by atoms with Crippen LogP contribution in [0.2, 0.25) is 0 Å². The Morgan fingerprint density at radius 1 is 1.14 bits per heavy atom. The lowest BCUT2D eigenvalue weighted by Crippen LogP contribution is -2.14. The number of anilines is 1. The van der Waals surface area contributed by atoms with E-state index in [1.165, 1.54) is 24.3 Å². The Kier molecular flexibility index (Phi) is 4.97. The van der Waals surface area contributed by atoms with Gasteiger partial charge in [0, 0.05) is 11.0 Å². The summed E-state index contributed by atoms with van der Waals surface area (Å²) in [5, 5.41) is 2.98. The molecule has 2 aromatic rings. The molecular formula is C14H14BrFN2O2S. The van der Waals surface area contributed by atoms with E-state index < -0.39 is 15.8 Å². The Bertz CT molecular complexity index is 713. The lowest BCUT2D eigenvalue weighted by molar-refractivity contribution is 0.598. The maximum absolute atomic E-state index is 13.7. The molecule has 0 radical (unpaired) electrons. The van der Waals surface area contributed by atoms with Crippen LogP contribution in [-0.2, 0) is 16.6 Å². The monoisotopic (exact) mass is 372 g/mol. The minimum absolute atomic E-state index is 0.0810. The van der Waals surface area contributed by atoms with E-state index in [2.05, 4.69) is 26.0 Å². The molecule has 7 heteroatoms. The topological polar surface area (TPSA) is 58.2 Å². The van der Waals surface area contributed by atoms with Crippen molar-refractivity contribution in [3.63, 3.8) is 0 Å². The van der Waals surface area contributed by atoms with Gasteiger partial charge in [0.1, 0.15) is 5.82 Å². The quantitative estimate of drug-likeness (QED) is 0.847. The predicted molar refractivity (Wildman–Crippen MR) is 84.1 cm³/mol. The third-order valence-corrected chi connectivity index (χ3v) is 4.84. The number of hydrogen-bond donors (Lipinski definition) is 2. The van der Waals surface area contributed by atoms with Crippen molar-refractivity contribution in [1.82, 2.24) is 5.32 Å². The molecule has 0 fully saturated rings. The van der Waals surface area contributed by atoms with Crippen LogP contribution in [0.15, 0.2) is 51.8 Å². The fraction of sp³-hybridized carbons (Fsp3) is 0.143. The molecular weight excluding hydrogens is 359 g/mol. The van der Waals surface area contributed by atoms with Crippen molar-refractivity contribution in [2.45, 2.75) is 11.4 Å². The normalized spacial score (nSPS) is 11.4. The van der Waals surface area contributed by atoms with Crippen LogP contribution in [-0.4, -0.2) is 15.5 Å². The van der Waals surface area contributed by atoms with Gasteiger partial charge in [-0.1, -0.05) is 18.2 Å². The minimum Gasteiger partial charge on any atom is -0.316 e. The highest BCUT2D eigenvalue weighted by molar-refractivity contribution is 9.10. The second-order valence-corrected chi connectivity index (χ2v) is 6.91. The Hall–Kier alpha value is -1.44. The SMILES string of the molecule is CNCc1ccc(S(=O)(=O)Nc2c(F)cccc2Br)cc1. The minimum atomic E-state index is -3.83. The van der Waals surface area contributed by atoms with Gasteiger partial charge in [0.25, 0.3) is 10.0 Å². The summed E-state index contributed by atoms with van der Waals surface area (Å²) in [5.74, 6) is -0.639. The number of hydrogen-bond acceptors (Lipinski definition) is 3. The molecule has 0 heterocycles. The average Bonchev–Trinajstić information content (AvgIpc) is 2.44. The fourth-order valence-electron chi connectivity index (χ4n) is 1.78. The van der Waals surface area contributed by atoms with Crippen molar-refractivity contribution in [2.24, 2.45) is 0 Å². The highest BCUT2D eigenvalue weighted by atomic mass is 79.9. The molecule has 0 aliphatic rings. The predicted octanol–water partition coefficient (Wildman–Crippen LogP) is 3.11. The average molecular weight is 373 g/mol. The van der Waals surface area contributed by atoms with Gasteiger partial charge in [-0.2, -0.15) is 0 Å². The molecule has 0 aliphatic heterocycles. The van der Waals surface area contributed by atoms with Crippen molar-refractivity contribution in [2.75, 3.05) is 11.8 Å². The Balaban J connectivity index is 2.30. The van der Waals surface area contributed by atoms with E-state index >= 15 is 0 Å². The standard InChI is InChI=1S/C14H14BrFN2O2S/c1-17-9-10-5-7-11(8-6-10)21(19,20)18-14-12(15)3-2-4-13(14)16/h2-8,17-18H,9H2,1H3. The van der Waals surface area contributed by atoms with Gasteiger partial charge >= 0.3 is 0 Å². The van der Waals surface area contributed by atoms with Gasteiger partial charge in [0.2, 0.25) is 0 Å². The van der Waals surface area contributed by atoms with Crippen LogP contribution in [0.3, 0.4) is 0 Å². The second kappa shape index (κ2) is 6.55. The summed E-state index contributed by atoms with van der Waals surface area (Å²) in [4.78, 5) is 0.0810. The lowest BCUT2D eigenvalue weighted by atomic mass is 10.2. The van der Waals surface area contributed by atoms with Crippen LogP contribution in [0.5, 0.6) is 0 Å². The van der Waals surface area contributed by atoms with Gasteiger partial charge in [-0.25, -0.2) is 12.8 Å². The maximum atomic E-state index is 13.7. The molecule has 0 saturated carbocycles. The summed E-state index contributed by atoms with van der Waals surface area (Å²) in [6.45, 7) is 0.645. The van der Waals surface area contributed by atoms with E-state index in [1.807, 2.05) is 7.05 Å². The zero-order valence-electron chi connectivity index (χ0n) is 11.2. The van der Waals surface area contributed by atoms with E-state index in [-0.39, 0.29) is 10.6 Å². The summed E-state index contributed by atoms with van der Waals surface area (Å²) >= 11 is 3.13. The number of nitrogens with one attached hydrogen (secondary N) is 2. The van der Waals surface area contributed by atoms with Crippen LogP contribution >= 0.6 is 15.9 Å². The Morgan fingerprint density at radius 2 is 1.81 bits per heavy atom. The largest absolute Gasteiger partial charge is 0.316 e. The summed E-state index contributed by atoms with van der Waals surface area (Å²) in [6, 6.07) is 10.6. The van der Waals surface area contributed by atoms with Gasteiger partial charge in [-0.15, -0.1) is 0 Å². The summed E-state index contributed by atoms with van der Waals surface area (Å²) in [7, 11) is -2.02. The molecule has 0 aliphatic carbocycles. The van der Waals surface area contributed by atoms with Crippen molar-refractivity contribution < 1.29 is 12.8 Å². The molecule has 0 aromatic heterocycles. The molecule has 0 saturated heterocycles. The van der Waals surface area contributed by atoms with Crippen molar-refractivity contribution >= 4 is 31.6 Å². The molecule has 0 amide bonds. The maximum Gasteiger partial charge on any atom is 0.262 e. The van der Waals surface area contributed by atoms with Crippen LogP contribution in [0.1, 0.15) is 5.56 Å². The molecule has 4 nitrogen and oxygen atoms in total. The van der Waals surface area contributed by atoms with Crippen molar-refractivity contribution in [1.29, 1.82) is 0 Å². The lowest BCUT2D eigenvalue weighted by Gasteiger charge is -2.11. The first-order chi connectivity index (χ1) is 9.94. The number of para-hydroxylation sites is 1. The number of sulfonamides is 1. The van der Waals surface area contributed by atoms with Crippen molar-refractivity contribution in [3.8, 4) is 0 Å². The third-order valence-electron chi connectivity index (χ3n) is 2.81. The molecule has 2 aromatic carbocycles. The highest BCUT2D eigenvalue weighted by Crippen LogP contribution is 2.27. The first-order valence-corrected chi connectivity index (χ1v) is 8.42. The van der Waals surface area contributed by atoms with Gasteiger partial charge in [0.15, 0.2) is 0 Å². The molecule has 21 heavy (non-hydrogen) atoms. The van der Waals surface area contributed by atoms with Gasteiger partial charge in [-0.3, -0.25) is 4.72 Å². The van der Waals surface area contributed by atoms with E-state index in [1.54, 1.807) is 18.2 Å². The summed E-state index contributed by atoms with van der Waals surface area (Å²) < 4.78 is 40.8. The summed E-state index contributed by atoms with van der Waals surface area (Å²) in [5.41, 5.74) is 0.861. The zero-order chi connectivity index (χ0) is 15.5. The third kappa shape index (κ3) is 3.81. The molecule has 2 rings (SSSR count). The molecule has 0 bridgehead atoms. The smallest absolute Gasteiger partial charge is 0.262 e. The molecule has 112 valence electrons. The first-order valence-electron chi connectivity index (χ1n) is 6.14. The van der Waals surface area contributed by atoms with E-state index in [9.17, 15) is 12.8 Å². The van der Waals surface area contributed by atoms with Crippen molar-refractivity contribution in [3.05, 3.63) is 58.3 Å². The van der Waals surface area contributed by atoms with Gasteiger partial charge in [-0.05, 0) is 52.8 Å². The second-order valence-electron chi connectivity index (χ2n) is 4.38.